The van der Waals surface area contributed by atoms with E-state index in [1.807, 2.05) is 23.7 Å². The Labute approximate surface area is 194 Å². The van der Waals surface area contributed by atoms with Crippen LogP contribution in [0.15, 0.2) is 60.8 Å². The summed E-state index contributed by atoms with van der Waals surface area (Å²) in [5.41, 5.74) is 3.36. The molecule has 1 aliphatic heterocycles. The molecule has 0 unspecified atom stereocenters. The number of alkyl halides is 3. The van der Waals surface area contributed by atoms with Gasteiger partial charge in [0, 0.05) is 19.5 Å². The van der Waals surface area contributed by atoms with Gasteiger partial charge in [0.1, 0.15) is 17.2 Å². The van der Waals surface area contributed by atoms with Crippen LogP contribution < -0.4 is 10.1 Å². The molecule has 4 aromatic rings. The lowest BCUT2D eigenvalue weighted by Gasteiger charge is -2.25. The van der Waals surface area contributed by atoms with E-state index >= 15 is 0 Å². The fourth-order valence-corrected chi connectivity index (χ4v) is 3.86. The first-order valence-electron chi connectivity index (χ1n) is 10.9. The van der Waals surface area contributed by atoms with Crippen LogP contribution in [0, 0.1) is 5.92 Å². The first kappa shape index (κ1) is 22.2. The molecule has 34 heavy (non-hydrogen) atoms. The van der Waals surface area contributed by atoms with E-state index in [4.69, 9.17) is 14.5 Å². The molecule has 1 fully saturated rings. The van der Waals surface area contributed by atoms with Crippen LogP contribution >= 0.6 is 0 Å². The van der Waals surface area contributed by atoms with E-state index in [2.05, 4.69) is 28.5 Å². The molecule has 0 spiro atoms. The smallest absolute Gasteiger partial charge is 0.433 e. The van der Waals surface area contributed by atoms with Gasteiger partial charge in [0.25, 0.3) is 0 Å². The highest BCUT2D eigenvalue weighted by atomic mass is 19.4. The topological polar surface area (TPSA) is 61.2 Å². The van der Waals surface area contributed by atoms with Gasteiger partial charge in [-0.1, -0.05) is 18.2 Å². The summed E-state index contributed by atoms with van der Waals surface area (Å²) < 4.78 is 50.8. The van der Waals surface area contributed by atoms with Crippen LogP contribution in [0.2, 0.25) is 0 Å². The van der Waals surface area contributed by atoms with E-state index in [1.165, 1.54) is 11.6 Å². The maximum atomic E-state index is 12.6. The summed E-state index contributed by atoms with van der Waals surface area (Å²) in [5.74, 6) is 2.13. The molecule has 1 N–H and O–H groups in total. The fourth-order valence-electron chi connectivity index (χ4n) is 3.86. The lowest BCUT2D eigenvalue weighted by Crippen LogP contribution is -2.29. The van der Waals surface area contributed by atoms with Crippen molar-refractivity contribution in [1.29, 1.82) is 0 Å². The van der Waals surface area contributed by atoms with Crippen LogP contribution in [0.25, 0.3) is 11.0 Å². The Bertz CT molecular complexity index is 1280. The minimum Gasteiger partial charge on any atom is -0.456 e. The van der Waals surface area contributed by atoms with E-state index in [0.29, 0.717) is 18.2 Å². The normalized spacial score (nSPS) is 14.2. The number of fused-ring (bicyclic) bond motifs is 1. The minimum absolute atomic E-state index is 0.239. The van der Waals surface area contributed by atoms with Crippen LogP contribution in [-0.2, 0) is 30.9 Å². The fraction of sp³-hybridized carbons (Fsp3) is 0.280. The molecular formula is C25H23F3N4O2. The van der Waals surface area contributed by atoms with Gasteiger partial charge in [0.05, 0.1) is 30.4 Å². The number of ether oxygens (including phenoxy) is 2. The molecular weight excluding hydrogens is 445 g/mol. The molecule has 0 atom stereocenters. The summed E-state index contributed by atoms with van der Waals surface area (Å²) in [4.78, 5) is 8.10. The van der Waals surface area contributed by atoms with Crippen molar-refractivity contribution in [3.63, 3.8) is 0 Å². The van der Waals surface area contributed by atoms with Crippen molar-refractivity contribution < 1.29 is 22.6 Å². The van der Waals surface area contributed by atoms with Crippen molar-refractivity contribution in [3.8, 4) is 11.5 Å². The number of pyridine rings is 1. The number of imidazole rings is 1. The molecule has 1 aliphatic rings. The second kappa shape index (κ2) is 8.98. The second-order valence-electron chi connectivity index (χ2n) is 8.40. The molecule has 0 amide bonds. The quantitative estimate of drug-likeness (QED) is 0.384. The highest BCUT2D eigenvalue weighted by Crippen LogP contribution is 2.29. The van der Waals surface area contributed by atoms with Crippen molar-refractivity contribution in [2.75, 3.05) is 18.5 Å². The van der Waals surface area contributed by atoms with Gasteiger partial charge in [-0.15, -0.1) is 0 Å². The Morgan fingerprint density at radius 1 is 1.03 bits per heavy atom. The summed E-state index contributed by atoms with van der Waals surface area (Å²) in [6.45, 7) is 2.23. The Kier molecular flexibility index (Phi) is 5.87. The molecule has 6 nitrogen and oxygen atoms in total. The highest BCUT2D eigenvalue weighted by Gasteiger charge is 2.32. The number of aromatic nitrogens is 3. The number of benzene rings is 2. The average molecular weight is 468 g/mol. The third-order valence-electron chi connectivity index (χ3n) is 5.81. The zero-order chi connectivity index (χ0) is 23.7. The second-order valence-corrected chi connectivity index (χ2v) is 8.40. The largest absolute Gasteiger partial charge is 0.456 e. The molecule has 0 saturated carbocycles. The number of nitrogens with one attached hydrogen (secondary N) is 1. The van der Waals surface area contributed by atoms with Gasteiger partial charge < -0.3 is 19.4 Å². The van der Waals surface area contributed by atoms with Crippen molar-refractivity contribution >= 4 is 17.0 Å². The number of hydrogen-bond donors (Lipinski definition) is 1. The van der Waals surface area contributed by atoms with E-state index in [1.54, 1.807) is 12.1 Å². The third-order valence-corrected chi connectivity index (χ3v) is 5.81. The molecule has 0 radical (unpaired) electrons. The SMILES string of the molecule is Cn1c(NCc2ccc(Oc3ccc(C(F)(F)F)nc3)cc2)nc2ccc(CC3COC3)cc21. The number of hydrogen-bond acceptors (Lipinski definition) is 5. The van der Waals surface area contributed by atoms with Crippen molar-refractivity contribution in [3.05, 3.63) is 77.6 Å². The van der Waals surface area contributed by atoms with Crippen LogP contribution in [0.4, 0.5) is 19.1 Å². The van der Waals surface area contributed by atoms with Gasteiger partial charge >= 0.3 is 6.18 Å². The molecule has 0 bridgehead atoms. The van der Waals surface area contributed by atoms with E-state index < -0.39 is 11.9 Å². The number of nitrogens with zero attached hydrogens (tertiary/aromatic N) is 3. The zero-order valence-electron chi connectivity index (χ0n) is 18.5. The van der Waals surface area contributed by atoms with Gasteiger partial charge in [-0.25, -0.2) is 9.97 Å². The standard InChI is InChI=1S/C25H23F3N4O2/c1-32-22-11-17(10-18-14-33-15-18)4-8-21(22)31-24(32)30-12-16-2-5-19(6-3-16)34-20-7-9-23(29-13-20)25(26,27)28/h2-9,11,13,18H,10,12,14-15H2,1H3,(H,30,31). The van der Waals surface area contributed by atoms with Crippen molar-refractivity contribution in [2.24, 2.45) is 13.0 Å². The summed E-state index contributed by atoms with van der Waals surface area (Å²) in [5, 5.41) is 3.37. The maximum Gasteiger partial charge on any atom is 0.433 e. The Morgan fingerprint density at radius 2 is 1.76 bits per heavy atom. The number of halogens is 3. The molecule has 0 aliphatic carbocycles. The highest BCUT2D eigenvalue weighted by molar-refractivity contribution is 5.79. The van der Waals surface area contributed by atoms with Crippen LogP contribution in [0.1, 0.15) is 16.8 Å². The first-order chi connectivity index (χ1) is 16.3. The third kappa shape index (κ3) is 4.84. The van der Waals surface area contributed by atoms with Crippen LogP contribution in [0.3, 0.4) is 0 Å². The zero-order valence-corrected chi connectivity index (χ0v) is 18.5. The molecule has 2 aromatic carbocycles. The predicted molar refractivity (Wildman–Crippen MR) is 122 cm³/mol. The van der Waals surface area contributed by atoms with Gasteiger partial charge in [-0.05, 0) is 53.9 Å². The van der Waals surface area contributed by atoms with Crippen LogP contribution in [0.5, 0.6) is 11.5 Å². The summed E-state index contributed by atoms with van der Waals surface area (Å²) in [6.07, 6.45) is -2.39. The number of rotatable bonds is 7. The predicted octanol–water partition coefficient (Wildman–Crippen LogP) is 5.58. The van der Waals surface area contributed by atoms with Gasteiger partial charge in [-0.2, -0.15) is 13.2 Å². The summed E-state index contributed by atoms with van der Waals surface area (Å²) in [7, 11) is 1.99. The molecule has 5 rings (SSSR count). The monoisotopic (exact) mass is 468 g/mol. The minimum atomic E-state index is -4.47. The molecule has 1 saturated heterocycles. The molecule has 2 aromatic heterocycles. The average Bonchev–Trinajstić information content (AvgIpc) is 3.11. The maximum absolute atomic E-state index is 12.6. The van der Waals surface area contributed by atoms with Crippen molar-refractivity contribution in [1.82, 2.24) is 14.5 Å². The number of aryl methyl sites for hydroxylation is 1. The molecule has 9 heteroatoms. The number of anilines is 1. The lowest BCUT2D eigenvalue weighted by molar-refractivity contribution is -0.141. The molecule has 3 heterocycles. The lowest BCUT2D eigenvalue weighted by atomic mass is 9.98. The Hall–Kier alpha value is -3.59. The first-order valence-corrected chi connectivity index (χ1v) is 10.9. The van der Waals surface area contributed by atoms with E-state index in [9.17, 15) is 13.2 Å². The van der Waals surface area contributed by atoms with Crippen molar-refractivity contribution in [2.45, 2.75) is 19.1 Å². The van der Waals surface area contributed by atoms with Crippen LogP contribution in [-0.4, -0.2) is 27.7 Å². The molecule has 176 valence electrons. The van der Waals surface area contributed by atoms with Gasteiger partial charge in [-0.3, -0.25) is 0 Å². The Morgan fingerprint density at radius 3 is 2.41 bits per heavy atom. The van der Waals surface area contributed by atoms with E-state index in [-0.39, 0.29) is 5.75 Å². The van der Waals surface area contributed by atoms with E-state index in [0.717, 1.165) is 54.4 Å². The van der Waals surface area contributed by atoms with Gasteiger partial charge in [0.2, 0.25) is 5.95 Å². The summed E-state index contributed by atoms with van der Waals surface area (Å²) in [6, 6.07) is 15.8. The van der Waals surface area contributed by atoms with Gasteiger partial charge in [0.15, 0.2) is 0 Å². The summed E-state index contributed by atoms with van der Waals surface area (Å²) >= 11 is 0. The Balaban J connectivity index is 1.21.